The molecule has 3 rings (SSSR count). The van der Waals surface area contributed by atoms with Gasteiger partial charge >= 0.3 is 0 Å². The van der Waals surface area contributed by atoms with Crippen molar-refractivity contribution in [1.82, 2.24) is 10.6 Å². The van der Waals surface area contributed by atoms with Crippen LogP contribution in [-0.2, 0) is 4.79 Å². The Bertz CT molecular complexity index is 591. The molecule has 0 bridgehead atoms. The van der Waals surface area contributed by atoms with Gasteiger partial charge in [-0.25, -0.2) is 0 Å². The summed E-state index contributed by atoms with van der Waals surface area (Å²) < 4.78 is 0. The minimum absolute atomic E-state index is 0. The first-order valence-electron chi connectivity index (χ1n) is 7.74. The molecular formula is C16H22ClN3O2S. The molecule has 2 aliphatic heterocycles. The highest BCUT2D eigenvalue weighted by atomic mass is 35.5. The molecule has 1 aromatic rings. The largest absolute Gasteiger partial charge is 0.352 e. The van der Waals surface area contributed by atoms with Crippen molar-refractivity contribution in [1.29, 1.82) is 0 Å². The topological polar surface area (TPSA) is 70.2 Å². The van der Waals surface area contributed by atoms with Crippen LogP contribution in [0, 0.1) is 5.92 Å². The van der Waals surface area contributed by atoms with Gasteiger partial charge < -0.3 is 16.0 Å². The average Bonchev–Trinajstić information content (AvgIpc) is 2.54. The molecule has 0 aromatic heterocycles. The van der Waals surface area contributed by atoms with Crippen molar-refractivity contribution in [3.8, 4) is 0 Å². The number of fused-ring (bicyclic) bond motifs is 1. The summed E-state index contributed by atoms with van der Waals surface area (Å²) in [4.78, 5) is 25.0. The van der Waals surface area contributed by atoms with Crippen LogP contribution in [0.5, 0.6) is 0 Å². The van der Waals surface area contributed by atoms with Gasteiger partial charge in [0, 0.05) is 17.0 Å². The Morgan fingerprint density at radius 3 is 3.00 bits per heavy atom. The van der Waals surface area contributed by atoms with Crippen LogP contribution in [0.4, 0.5) is 5.69 Å². The number of piperidine rings is 1. The molecule has 0 spiro atoms. The lowest BCUT2D eigenvalue weighted by atomic mass is 9.99. The highest BCUT2D eigenvalue weighted by Gasteiger charge is 2.24. The number of halogens is 1. The number of nitrogens with one attached hydrogen (secondary N) is 3. The molecule has 0 radical (unpaired) electrons. The van der Waals surface area contributed by atoms with E-state index in [9.17, 15) is 9.59 Å². The van der Waals surface area contributed by atoms with Crippen LogP contribution < -0.4 is 16.0 Å². The Balaban J connectivity index is 0.00000192. The van der Waals surface area contributed by atoms with Gasteiger partial charge in [0.25, 0.3) is 5.91 Å². The summed E-state index contributed by atoms with van der Waals surface area (Å²) in [5, 5.41) is 9.11. The zero-order valence-electron chi connectivity index (χ0n) is 13.1. The van der Waals surface area contributed by atoms with Gasteiger partial charge in [0.2, 0.25) is 5.91 Å². The number of hydrogen-bond donors (Lipinski definition) is 3. The van der Waals surface area contributed by atoms with Gasteiger partial charge in [-0.2, -0.15) is 0 Å². The number of benzene rings is 1. The van der Waals surface area contributed by atoms with E-state index >= 15 is 0 Å². The SMILES string of the molecule is CC1Sc2ccc(C(=O)NCC3CCCNC3)cc2NC1=O.Cl. The van der Waals surface area contributed by atoms with Gasteiger partial charge in [-0.15, -0.1) is 24.2 Å². The lowest BCUT2D eigenvalue weighted by Gasteiger charge is -2.23. The van der Waals surface area contributed by atoms with Crippen LogP contribution in [0.1, 0.15) is 30.1 Å². The van der Waals surface area contributed by atoms with Crippen molar-refractivity contribution in [2.45, 2.75) is 29.9 Å². The second-order valence-corrected chi connectivity index (χ2v) is 7.27. The lowest BCUT2D eigenvalue weighted by Crippen LogP contribution is -2.38. The van der Waals surface area contributed by atoms with Gasteiger partial charge in [0.15, 0.2) is 0 Å². The number of hydrogen-bond acceptors (Lipinski definition) is 4. The van der Waals surface area contributed by atoms with Gasteiger partial charge in [-0.3, -0.25) is 9.59 Å². The van der Waals surface area contributed by atoms with E-state index in [1.54, 1.807) is 6.07 Å². The first kappa shape index (κ1) is 18.1. The Kier molecular flexibility index (Phi) is 6.33. The molecule has 3 N–H and O–H groups in total. The molecule has 5 nitrogen and oxygen atoms in total. The lowest BCUT2D eigenvalue weighted by molar-refractivity contribution is -0.115. The highest BCUT2D eigenvalue weighted by Crippen LogP contribution is 2.35. The maximum atomic E-state index is 12.3. The summed E-state index contributed by atoms with van der Waals surface area (Å²) in [5.74, 6) is 0.418. The molecular weight excluding hydrogens is 334 g/mol. The number of carbonyl (C=O) groups excluding carboxylic acids is 2. The van der Waals surface area contributed by atoms with E-state index in [0.717, 1.165) is 30.1 Å². The summed E-state index contributed by atoms with van der Waals surface area (Å²) in [5.41, 5.74) is 1.33. The van der Waals surface area contributed by atoms with Crippen molar-refractivity contribution in [2.24, 2.45) is 5.92 Å². The fraction of sp³-hybridized carbons (Fsp3) is 0.500. The van der Waals surface area contributed by atoms with E-state index in [-0.39, 0.29) is 29.5 Å². The van der Waals surface area contributed by atoms with E-state index in [4.69, 9.17) is 0 Å². The molecule has 7 heteroatoms. The molecule has 1 fully saturated rings. The summed E-state index contributed by atoms with van der Waals surface area (Å²) >= 11 is 1.52. The number of anilines is 1. The number of amides is 2. The van der Waals surface area contributed by atoms with Gasteiger partial charge in [0.05, 0.1) is 10.9 Å². The zero-order chi connectivity index (χ0) is 15.5. The third-order valence-corrected chi connectivity index (χ3v) is 5.30. The van der Waals surface area contributed by atoms with Crippen molar-refractivity contribution < 1.29 is 9.59 Å². The molecule has 0 aliphatic carbocycles. The average molecular weight is 356 g/mol. The molecule has 2 atom stereocenters. The van der Waals surface area contributed by atoms with Crippen LogP contribution in [-0.4, -0.2) is 36.7 Å². The molecule has 2 amide bonds. The second kappa shape index (κ2) is 8.04. The van der Waals surface area contributed by atoms with Crippen molar-refractivity contribution >= 4 is 41.7 Å². The van der Waals surface area contributed by atoms with Crippen LogP contribution in [0.15, 0.2) is 23.1 Å². The molecule has 2 aliphatic rings. The monoisotopic (exact) mass is 355 g/mol. The highest BCUT2D eigenvalue weighted by molar-refractivity contribution is 8.00. The Morgan fingerprint density at radius 2 is 2.26 bits per heavy atom. The third-order valence-electron chi connectivity index (χ3n) is 4.12. The van der Waals surface area contributed by atoms with Crippen LogP contribution >= 0.6 is 24.2 Å². The second-order valence-electron chi connectivity index (χ2n) is 5.88. The van der Waals surface area contributed by atoms with E-state index in [1.807, 2.05) is 19.1 Å². The Morgan fingerprint density at radius 1 is 1.43 bits per heavy atom. The maximum Gasteiger partial charge on any atom is 0.251 e. The van der Waals surface area contributed by atoms with Gasteiger partial charge in [-0.05, 0) is 57.0 Å². The van der Waals surface area contributed by atoms with Crippen molar-refractivity contribution in [3.05, 3.63) is 23.8 Å². The Labute approximate surface area is 146 Å². The van der Waals surface area contributed by atoms with Crippen LogP contribution in [0.3, 0.4) is 0 Å². The normalized spacial score (nSPS) is 23.3. The first-order chi connectivity index (χ1) is 10.6. The summed E-state index contributed by atoms with van der Waals surface area (Å²) in [6, 6.07) is 5.50. The van der Waals surface area contributed by atoms with E-state index in [0.29, 0.717) is 18.0 Å². The number of carbonyl (C=O) groups is 2. The predicted molar refractivity (Wildman–Crippen MR) is 95.6 cm³/mol. The summed E-state index contributed by atoms with van der Waals surface area (Å²) in [6.07, 6.45) is 2.32. The van der Waals surface area contributed by atoms with Crippen LogP contribution in [0.2, 0.25) is 0 Å². The standard InChI is InChI=1S/C16H21N3O2S.ClH/c1-10-15(20)19-13-7-12(4-5-14(13)22-10)16(21)18-9-11-3-2-6-17-8-11;/h4-5,7,10-11,17H,2-3,6,8-9H2,1H3,(H,18,21)(H,19,20);1H. The molecule has 2 unspecified atom stereocenters. The Hall–Kier alpha value is -1.24. The summed E-state index contributed by atoms with van der Waals surface area (Å²) in [7, 11) is 0. The van der Waals surface area contributed by atoms with Gasteiger partial charge in [0.1, 0.15) is 0 Å². The first-order valence-corrected chi connectivity index (χ1v) is 8.62. The maximum absolute atomic E-state index is 12.3. The zero-order valence-corrected chi connectivity index (χ0v) is 14.7. The quantitative estimate of drug-likeness (QED) is 0.778. The molecule has 0 saturated carbocycles. The van der Waals surface area contributed by atoms with Crippen molar-refractivity contribution in [2.75, 3.05) is 25.0 Å². The number of thioether (sulfide) groups is 1. The predicted octanol–water partition coefficient (Wildman–Crippen LogP) is 2.27. The van der Waals surface area contributed by atoms with E-state index in [1.165, 1.54) is 18.2 Å². The molecule has 1 saturated heterocycles. The fourth-order valence-corrected chi connectivity index (χ4v) is 3.72. The number of rotatable bonds is 3. The minimum Gasteiger partial charge on any atom is -0.352 e. The molecule has 23 heavy (non-hydrogen) atoms. The minimum atomic E-state index is -0.0917. The molecule has 126 valence electrons. The molecule has 1 aromatic carbocycles. The van der Waals surface area contributed by atoms with Gasteiger partial charge in [-0.1, -0.05) is 0 Å². The third kappa shape index (κ3) is 4.40. The smallest absolute Gasteiger partial charge is 0.251 e. The fourth-order valence-electron chi connectivity index (χ4n) is 2.79. The van der Waals surface area contributed by atoms with Crippen LogP contribution in [0.25, 0.3) is 0 Å². The molecule has 2 heterocycles. The summed E-state index contributed by atoms with van der Waals surface area (Å²) in [6.45, 7) is 4.61. The van der Waals surface area contributed by atoms with E-state index < -0.39 is 0 Å². The van der Waals surface area contributed by atoms with Crippen molar-refractivity contribution in [3.63, 3.8) is 0 Å². The van der Waals surface area contributed by atoms with E-state index in [2.05, 4.69) is 16.0 Å².